The van der Waals surface area contributed by atoms with Gasteiger partial charge >= 0.3 is 11.9 Å². The zero-order chi connectivity index (χ0) is 48.8. The minimum Gasteiger partial charge on any atom is -0.457 e. The number of thioether (sulfide) groups is 2. The molecule has 2 aromatic heterocycles. The van der Waals surface area contributed by atoms with Gasteiger partial charge in [-0.15, -0.1) is 33.3 Å². The van der Waals surface area contributed by atoms with Crippen LogP contribution in [0.1, 0.15) is 65.4 Å². The number of anilines is 1. The lowest BCUT2D eigenvalue weighted by atomic mass is 9.77. The van der Waals surface area contributed by atoms with Crippen molar-refractivity contribution in [3.8, 4) is 0 Å². The molecule has 2 aliphatic heterocycles. The molecule has 9 rings (SSSR count). The molecule has 12 nitrogen and oxygen atoms in total. The van der Waals surface area contributed by atoms with Crippen molar-refractivity contribution in [2.75, 3.05) is 16.8 Å². The van der Waals surface area contributed by atoms with Gasteiger partial charge in [-0.05, 0) is 61.1 Å². The van der Waals surface area contributed by atoms with E-state index in [9.17, 15) is 19.2 Å². The lowest BCUT2D eigenvalue weighted by Gasteiger charge is -2.49. The molecule has 354 valence electrons. The first kappa shape index (κ1) is 48.2. The number of aryl methyl sites for hydroxylation is 1. The van der Waals surface area contributed by atoms with Crippen LogP contribution in [0.15, 0.2) is 179 Å². The molecule has 5 aromatic carbocycles. The highest BCUT2D eigenvalue weighted by Crippen LogP contribution is 2.44. The molecule has 2 amide bonds. The molecule has 70 heavy (non-hydrogen) atoms. The summed E-state index contributed by atoms with van der Waals surface area (Å²) < 4.78 is 12.8. The van der Waals surface area contributed by atoms with E-state index in [0.717, 1.165) is 43.2 Å². The maximum atomic E-state index is 14.7. The molecule has 2 aliphatic rings. The second kappa shape index (κ2) is 21.0. The number of aromatic nitrogens is 3. The maximum Gasteiger partial charge on any atom is 0.356 e. The number of nitrogens with zero attached hydrogens (tertiary/aromatic N) is 4. The fraction of sp³-hybridized carbons (Fsp3) is 0.204. The first-order valence-electron chi connectivity index (χ1n) is 22.4. The van der Waals surface area contributed by atoms with E-state index in [4.69, 9.17) is 14.5 Å². The van der Waals surface area contributed by atoms with Gasteiger partial charge in [0.05, 0.1) is 11.3 Å². The van der Waals surface area contributed by atoms with Crippen molar-refractivity contribution >= 4 is 80.7 Å². The van der Waals surface area contributed by atoms with Gasteiger partial charge in [0.1, 0.15) is 33.3 Å². The highest BCUT2D eigenvalue weighted by molar-refractivity contribution is 8.01. The van der Waals surface area contributed by atoms with Crippen LogP contribution in [0, 0.1) is 6.92 Å². The number of carbonyl (C=O) groups excluding carboxylic acids is 4. The van der Waals surface area contributed by atoms with Crippen molar-refractivity contribution < 1.29 is 28.7 Å². The Morgan fingerprint density at radius 1 is 0.800 bits per heavy atom. The molecule has 0 spiro atoms. The van der Waals surface area contributed by atoms with E-state index >= 15 is 0 Å². The Labute approximate surface area is 422 Å². The second-order valence-electron chi connectivity index (χ2n) is 17.4. The Morgan fingerprint density at radius 2 is 1.34 bits per heavy atom. The number of amides is 2. The number of hydrogen-bond donors (Lipinski definition) is 2. The van der Waals surface area contributed by atoms with Gasteiger partial charge in [0.15, 0.2) is 15.6 Å². The molecule has 0 aliphatic carbocycles. The summed E-state index contributed by atoms with van der Waals surface area (Å²) in [5, 5.41) is 17.4. The smallest absolute Gasteiger partial charge is 0.356 e. The predicted molar refractivity (Wildman–Crippen MR) is 277 cm³/mol. The first-order chi connectivity index (χ1) is 33.9. The van der Waals surface area contributed by atoms with Gasteiger partial charge in [0, 0.05) is 23.0 Å². The third kappa shape index (κ3) is 10.5. The van der Waals surface area contributed by atoms with Crippen LogP contribution < -0.4 is 10.6 Å². The number of nitrogens with one attached hydrogen (secondary N) is 2. The molecule has 16 heteroatoms. The van der Waals surface area contributed by atoms with Gasteiger partial charge in [0.25, 0.3) is 11.8 Å². The van der Waals surface area contributed by atoms with E-state index in [1.54, 1.807) is 26.2 Å². The number of rotatable bonds is 16. The molecule has 1 saturated heterocycles. The Kier molecular flexibility index (Phi) is 14.5. The molecule has 0 saturated carbocycles. The van der Waals surface area contributed by atoms with E-state index in [1.807, 2.05) is 122 Å². The number of β-lactam (4-membered cyclic amide) rings is 1. The first-order valence-corrected chi connectivity index (χ1v) is 26.2. The number of fused-ring (bicyclic) bond motifs is 1. The quantitative estimate of drug-likeness (QED) is 0.0312. The lowest BCUT2D eigenvalue weighted by Crippen LogP contribution is -2.70. The largest absolute Gasteiger partial charge is 0.457 e. The van der Waals surface area contributed by atoms with E-state index in [-0.39, 0.29) is 17.0 Å². The molecule has 2 N–H and O–H groups in total. The number of benzene rings is 5. The highest BCUT2D eigenvalue weighted by Gasteiger charge is 2.55. The summed E-state index contributed by atoms with van der Waals surface area (Å²) in [6.45, 7) is 7.09. The van der Waals surface area contributed by atoms with Crippen molar-refractivity contribution in [2.45, 2.75) is 60.7 Å². The van der Waals surface area contributed by atoms with E-state index in [1.165, 1.54) is 51.1 Å². The van der Waals surface area contributed by atoms with Crippen LogP contribution in [-0.4, -0.2) is 72.4 Å². The topological polar surface area (TPSA) is 153 Å². The SMILES string of the molecule is Cc1nnc(SCC2=C(C(=O)OC(c3ccccc3)c3ccccc3)N3C(=O)C(NC(=O)C(=CC(=O)OC(C)(C)C)c4csc(NC(c5ccccc5)(c5ccccc5)c5ccccc5)n4)[C@H]3SC2)s1. The number of esters is 2. The third-order valence-corrected chi connectivity index (χ3v) is 15.6. The maximum absolute atomic E-state index is 14.7. The van der Waals surface area contributed by atoms with Crippen molar-refractivity contribution in [3.63, 3.8) is 0 Å². The van der Waals surface area contributed by atoms with E-state index in [2.05, 4.69) is 57.2 Å². The van der Waals surface area contributed by atoms with Crippen LogP contribution in [-0.2, 0) is 34.2 Å². The van der Waals surface area contributed by atoms with Crippen molar-refractivity contribution in [1.29, 1.82) is 0 Å². The minimum absolute atomic E-state index is 0.0940. The number of hydrogen-bond acceptors (Lipinski definition) is 14. The van der Waals surface area contributed by atoms with Crippen LogP contribution in [0.2, 0.25) is 0 Å². The Bertz CT molecular complexity index is 2920. The monoisotopic (exact) mass is 1000 g/mol. The molecule has 1 fully saturated rings. The lowest BCUT2D eigenvalue weighted by molar-refractivity contribution is -0.154. The Hall–Kier alpha value is -6.85. The van der Waals surface area contributed by atoms with E-state index < -0.39 is 52.4 Å². The van der Waals surface area contributed by atoms with Crippen LogP contribution in [0.3, 0.4) is 0 Å². The number of thiazole rings is 1. The van der Waals surface area contributed by atoms with Crippen molar-refractivity contribution in [2.24, 2.45) is 0 Å². The fourth-order valence-electron chi connectivity index (χ4n) is 8.34. The molecule has 4 heterocycles. The van der Waals surface area contributed by atoms with Crippen molar-refractivity contribution in [3.05, 3.63) is 213 Å². The molecule has 0 bridgehead atoms. The number of ether oxygens (including phenoxy) is 2. The van der Waals surface area contributed by atoms with Gasteiger partial charge in [-0.1, -0.05) is 175 Å². The van der Waals surface area contributed by atoms with Crippen LogP contribution in [0.5, 0.6) is 0 Å². The van der Waals surface area contributed by atoms with Gasteiger partial charge in [0.2, 0.25) is 0 Å². The van der Waals surface area contributed by atoms with Gasteiger partial charge in [-0.2, -0.15) is 0 Å². The van der Waals surface area contributed by atoms with Crippen LogP contribution >= 0.6 is 46.2 Å². The standard InChI is InChI=1S/C54H48N6O6S4/c1-34-58-59-52(70-34)69-32-37-31-67-49-44(48(63)60(49)45(37)50(64)65-46(35-20-10-5-11-21-35)36-22-12-6-13-23-36)56-47(62)41(30-43(61)66-53(2,3)4)42-33-68-51(55-42)57-54(38-24-14-7-15-25-38,39-26-16-8-17-27-39)40-28-18-9-19-29-40/h5-30,33,44,46,49H,31-32H2,1-4H3,(H,55,57)(H,56,62)/t44?,49-/m1/s1. The van der Waals surface area contributed by atoms with Gasteiger partial charge in [-0.25, -0.2) is 14.6 Å². The normalized spacial score (nSPS) is 16.0. The fourth-order valence-corrected chi connectivity index (χ4v) is 12.4. The summed E-state index contributed by atoms with van der Waals surface area (Å²) in [4.78, 5) is 63.8. The van der Waals surface area contributed by atoms with Gasteiger partial charge in [-0.3, -0.25) is 14.5 Å². The summed E-state index contributed by atoms with van der Waals surface area (Å²) in [6, 6.07) is 47.9. The molecule has 0 radical (unpaired) electrons. The average Bonchev–Trinajstić information content (AvgIpc) is 4.03. The summed E-state index contributed by atoms with van der Waals surface area (Å²) in [6.07, 6.45) is 0.353. The molecular weight excluding hydrogens is 957 g/mol. The minimum atomic E-state index is -1.06. The third-order valence-electron chi connectivity index (χ3n) is 11.4. The molecule has 7 aromatic rings. The summed E-state index contributed by atoms with van der Waals surface area (Å²) in [7, 11) is 0. The van der Waals surface area contributed by atoms with E-state index in [0.29, 0.717) is 22.2 Å². The van der Waals surface area contributed by atoms with Crippen molar-refractivity contribution in [1.82, 2.24) is 25.4 Å². The van der Waals surface area contributed by atoms with Gasteiger partial charge < -0.3 is 20.1 Å². The predicted octanol–water partition coefficient (Wildman–Crippen LogP) is 10.2. The Balaban J connectivity index is 1.03. The molecular formula is C54H48N6O6S4. The average molecular weight is 1010 g/mol. The second-order valence-corrected chi connectivity index (χ2v) is 21.8. The summed E-state index contributed by atoms with van der Waals surface area (Å²) in [5.74, 6) is -1.92. The highest BCUT2D eigenvalue weighted by atomic mass is 32.2. The Morgan fingerprint density at radius 3 is 1.86 bits per heavy atom. The molecule has 2 atom stereocenters. The summed E-state index contributed by atoms with van der Waals surface area (Å²) in [5.41, 5.74) is 3.52. The molecule has 1 unspecified atom stereocenters. The summed E-state index contributed by atoms with van der Waals surface area (Å²) >= 11 is 5.57. The number of carbonyl (C=O) groups is 4. The van der Waals surface area contributed by atoms with Crippen LogP contribution in [0.25, 0.3) is 5.57 Å². The van der Waals surface area contributed by atoms with Crippen LogP contribution in [0.4, 0.5) is 5.13 Å². The zero-order valence-electron chi connectivity index (χ0n) is 38.6. The zero-order valence-corrected chi connectivity index (χ0v) is 41.9.